The van der Waals surface area contributed by atoms with E-state index in [0.717, 1.165) is 5.56 Å². The normalized spacial score (nSPS) is 11.6. The molecule has 0 radical (unpaired) electrons. The average Bonchev–Trinajstić information content (AvgIpc) is 2.76. The highest BCUT2D eigenvalue weighted by Gasteiger charge is 2.24. The van der Waals surface area contributed by atoms with Crippen molar-refractivity contribution in [1.82, 2.24) is 15.3 Å². The van der Waals surface area contributed by atoms with Crippen LogP contribution in [0.4, 0.5) is 10.1 Å². The molecule has 3 aromatic rings. The smallest absolute Gasteiger partial charge is 0.272 e. The summed E-state index contributed by atoms with van der Waals surface area (Å²) in [6.45, 7) is 0. The van der Waals surface area contributed by atoms with Gasteiger partial charge in [0.05, 0.1) is 11.2 Å². The number of benzene rings is 2. The third kappa shape index (κ3) is 5.77. The Morgan fingerprint density at radius 1 is 1.13 bits per heavy atom. The summed E-state index contributed by atoms with van der Waals surface area (Å²) in [5.41, 5.74) is 1.26. The lowest BCUT2D eigenvalue weighted by atomic mass is 10.0. The Labute approximate surface area is 182 Å². The van der Waals surface area contributed by atoms with Crippen LogP contribution in [0, 0.1) is 5.82 Å². The van der Waals surface area contributed by atoms with Crippen LogP contribution in [0.2, 0.25) is 5.02 Å². The molecule has 0 aliphatic heterocycles. The molecular formula is C21H18ClFN4O2S. The Bertz CT molecular complexity index is 1030. The number of aromatic nitrogens is 2. The van der Waals surface area contributed by atoms with E-state index in [1.807, 2.05) is 30.3 Å². The van der Waals surface area contributed by atoms with Gasteiger partial charge in [0.1, 0.15) is 11.9 Å². The highest BCUT2D eigenvalue weighted by molar-refractivity contribution is 7.98. The van der Waals surface area contributed by atoms with E-state index >= 15 is 0 Å². The minimum atomic E-state index is -0.909. The second-order valence-corrected chi connectivity index (χ2v) is 7.45. The Morgan fingerprint density at radius 3 is 2.50 bits per heavy atom. The van der Waals surface area contributed by atoms with Crippen LogP contribution in [0.3, 0.4) is 0 Å². The maximum absolute atomic E-state index is 13.1. The lowest BCUT2D eigenvalue weighted by molar-refractivity contribution is -0.118. The standard InChI is InChI=1S/C21H18ClFN4O2S/c1-30-21-24-12-16(22)18(27-21)20(29)26-17(11-13-5-3-2-4-6-13)19(28)25-15-9-7-14(23)8-10-15/h2-10,12,17H,11H2,1H3,(H,25,28)(H,26,29). The van der Waals surface area contributed by atoms with Crippen molar-refractivity contribution in [2.75, 3.05) is 11.6 Å². The second kappa shape index (κ2) is 10.2. The summed E-state index contributed by atoms with van der Waals surface area (Å²) >= 11 is 7.35. The van der Waals surface area contributed by atoms with E-state index in [-0.39, 0.29) is 17.1 Å². The number of carbonyl (C=O) groups is 2. The number of anilines is 1. The van der Waals surface area contributed by atoms with Gasteiger partial charge in [0, 0.05) is 12.1 Å². The van der Waals surface area contributed by atoms with E-state index in [0.29, 0.717) is 10.8 Å². The number of carbonyl (C=O) groups excluding carboxylic acids is 2. The van der Waals surface area contributed by atoms with Gasteiger partial charge in [0.25, 0.3) is 5.91 Å². The molecule has 1 aromatic heterocycles. The van der Waals surface area contributed by atoms with Crippen LogP contribution in [-0.2, 0) is 11.2 Å². The number of halogens is 2. The Hall–Kier alpha value is -2.97. The zero-order valence-corrected chi connectivity index (χ0v) is 17.5. The third-order valence-corrected chi connectivity index (χ3v) is 4.97. The van der Waals surface area contributed by atoms with E-state index in [9.17, 15) is 14.0 Å². The van der Waals surface area contributed by atoms with Crippen LogP contribution in [0.1, 0.15) is 16.1 Å². The predicted octanol–water partition coefficient (Wildman–Crippen LogP) is 3.97. The average molecular weight is 445 g/mol. The van der Waals surface area contributed by atoms with Gasteiger partial charge >= 0.3 is 0 Å². The molecule has 1 unspecified atom stereocenters. The van der Waals surface area contributed by atoms with E-state index in [1.165, 1.54) is 42.2 Å². The monoisotopic (exact) mass is 444 g/mol. The van der Waals surface area contributed by atoms with E-state index < -0.39 is 23.7 Å². The minimum Gasteiger partial charge on any atom is -0.338 e. The summed E-state index contributed by atoms with van der Waals surface area (Å²) in [5, 5.41) is 5.86. The summed E-state index contributed by atoms with van der Waals surface area (Å²) in [7, 11) is 0. The van der Waals surface area contributed by atoms with Gasteiger partial charge in [-0.05, 0) is 36.1 Å². The van der Waals surface area contributed by atoms with Crippen LogP contribution < -0.4 is 10.6 Å². The molecule has 0 aliphatic rings. The summed E-state index contributed by atoms with van der Waals surface area (Å²) in [4.78, 5) is 33.9. The molecule has 154 valence electrons. The predicted molar refractivity (Wildman–Crippen MR) is 115 cm³/mol. The zero-order chi connectivity index (χ0) is 21.5. The summed E-state index contributed by atoms with van der Waals surface area (Å²) in [5.74, 6) is -1.45. The molecule has 2 N–H and O–H groups in total. The van der Waals surface area contributed by atoms with Crippen molar-refractivity contribution in [1.29, 1.82) is 0 Å². The number of rotatable bonds is 7. The van der Waals surface area contributed by atoms with Gasteiger partial charge in [-0.2, -0.15) is 0 Å². The summed E-state index contributed by atoms with van der Waals surface area (Å²) in [6.07, 6.45) is 3.37. The Kier molecular flexibility index (Phi) is 7.37. The van der Waals surface area contributed by atoms with Crippen molar-refractivity contribution in [3.8, 4) is 0 Å². The minimum absolute atomic E-state index is 0.0105. The maximum Gasteiger partial charge on any atom is 0.272 e. The van der Waals surface area contributed by atoms with E-state index in [2.05, 4.69) is 20.6 Å². The van der Waals surface area contributed by atoms with Crippen molar-refractivity contribution >= 4 is 40.9 Å². The van der Waals surface area contributed by atoms with Gasteiger partial charge in [-0.15, -0.1) is 0 Å². The molecule has 0 bridgehead atoms. The van der Waals surface area contributed by atoms with Gasteiger partial charge in [-0.25, -0.2) is 14.4 Å². The quantitative estimate of drug-likeness (QED) is 0.425. The van der Waals surface area contributed by atoms with Crippen LogP contribution in [0.15, 0.2) is 66.0 Å². The molecule has 2 amide bonds. The number of nitrogens with zero attached hydrogens (tertiary/aromatic N) is 2. The molecule has 0 saturated heterocycles. The Morgan fingerprint density at radius 2 is 1.83 bits per heavy atom. The molecule has 0 spiro atoms. The fourth-order valence-corrected chi connectivity index (χ4v) is 3.17. The lowest BCUT2D eigenvalue weighted by Crippen LogP contribution is -2.45. The van der Waals surface area contributed by atoms with Crippen molar-refractivity contribution in [2.45, 2.75) is 17.6 Å². The fraction of sp³-hybridized carbons (Fsp3) is 0.143. The van der Waals surface area contributed by atoms with Crippen LogP contribution in [0.25, 0.3) is 0 Å². The molecule has 1 heterocycles. The van der Waals surface area contributed by atoms with Gasteiger partial charge in [-0.3, -0.25) is 9.59 Å². The van der Waals surface area contributed by atoms with Crippen molar-refractivity contribution < 1.29 is 14.0 Å². The van der Waals surface area contributed by atoms with Crippen molar-refractivity contribution in [2.24, 2.45) is 0 Å². The second-order valence-electron chi connectivity index (χ2n) is 6.27. The van der Waals surface area contributed by atoms with E-state index in [4.69, 9.17) is 11.6 Å². The molecule has 0 saturated carbocycles. The molecule has 3 rings (SSSR count). The molecule has 1 atom stereocenters. The van der Waals surface area contributed by atoms with Crippen LogP contribution >= 0.6 is 23.4 Å². The topological polar surface area (TPSA) is 84.0 Å². The third-order valence-electron chi connectivity index (χ3n) is 4.14. The molecule has 6 nitrogen and oxygen atoms in total. The Balaban J connectivity index is 1.82. The number of thioether (sulfide) groups is 1. The number of amides is 2. The first-order valence-electron chi connectivity index (χ1n) is 8.94. The fourth-order valence-electron chi connectivity index (χ4n) is 2.66. The molecule has 30 heavy (non-hydrogen) atoms. The van der Waals surface area contributed by atoms with Gasteiger partial charge in [0.2, 0.25) is 5.91 Å². The van der Waals surface area contributed by atoms with Crippen molar-refractivity contribution in [3.63, 3.8) is 0 Å². The molecular weight excluding hydrogens is 427 g/mol. The van der Waals surface area contributed by atoms with Crippen LogP contribution in [0.5, 0.6) is 0 Å². The van der Waals surface area contributed by atoms with E-state index in [1.54, 1.807) is 6.26 Å². The van der Waals surface area contributed by atoms with Crippen LogP contribution in [-0.4, -0.2) is 34.1 Å². The summed E-state index contributed by atoms with van der Waals surface area (Å²) in [6, 6.07) is 13.7. The molecule has 0 fully saturated rings. The zero-order valence-electron chi connectivity index (χ0n) is 15.9. The first kappa shape index (κ1) is 21.7. The van der Waals surface area contributed by atoms with Crippen molar-refractivity contribution in [3.05, 3.63) is 82.9 Å². The van der Waals surface area contributed by atoms with Gasteiger partial charge in [0.15, 0.2) is 10.9 Å². The maximum atomic E-state index is 13.1. The highest BCUT2D eigenvalue weighted by Crippen LogP contribution is 2.17. The lowest BCUT2D eigenvalue weighted by Gasteiger charge is -2.19. The summed E-state index contributed by atoms with van der Waals surface area (Å²) < 4.78 is 13.1. The largest absolute Gasteiger partial charge is 0.338 e. The molecule has 0 aliphatic carbocycles. The molecule has 9 heteroatoms. The number of hydrogen-bond acceptors (Lipinski definition) is 5. The van der Waals surface area contributed by atoms with Gasteiger partial charge in [-0.1, -0.05) is 53.7 Å². The first-order chi connectivity index (χ1) is 14.5. The number of hydrogen-bond donors (Lipinski definition) is 2. The SMILES string of the molecule is CSc1ncc(Cl)c(C(=O)NC(Cc2ccccc2)C(=O)Nc2ccc(F)cc2)n1. The highest BCUT2D eigenvalue weighted by atomic mass is 35.5. The number of nitrogens with one attached hydrogen (secondary N) is 2. The van der Waals surface area contributed by atoms with Gasteiger partial charge < -0.3 is 10.6 Å². The first-order valence-corrected chi connectivity index (χ1v) is 10.5. The molecule has 2 aromatic carbocycles.